The second-order valence-corrected chi connectivity index (χ2v) is 6.42. The van der Waals surface area contributed by atoms with Gasteiger partial charge in [-0.2, -0.15) is 8.78 Å². The predicted octanol–water partition coefficient (Wildman–Crippen LogP) is 5.73. The number of benzene rings is 2. The van der Waals surface area contributed by atoms with Crippen LogP contribution in [0.15, 0.2) is 70.2 Å². The van der Waals surface area contributed by atoms with Crippen LogP contribution >= 0.6 is 15.9 Å². The topological polar surface area (TPSA) is 26.3 Å². The van der Waals surface area contributed by atoms with E-state index in [1.807, 2.05) is 0 Å². The summed E-state index contributed by atoms with van der Waals surface area (Å²) in [6.07, 6.45) is 0. The molecule has 0 atom stereocenters. The van der Waals surface area contributed by atoms with Gasteiger partial charge in [-0.1, -0.05) is 51.8 Å². The van der Waals surface area contributed by atoms with Gasteiger partial charge in [0.15, 0.2) is 0 Å². The van der Waals surface area contributed by atoms with Crippen LogP contribution in [0.25, 0.3) is 0 Å². The van der Waals surface area contributed by atoms with Gasteiger partial charge in [-0.25, -0.2) is 4.79 Å². The molecule has 0 aromatic heterocycles. The molecule has 2 aromatic carbocycles. The lowest BCUT2D eigenvalue weighted by atomic mass is 9.97. The number of halogens is 3. The third kappa shape index (κ3) is 4.29. The number of hydrogen-bond donors (Lipinski definition) is 0. The fourth-order valence-electron chi connectivity index (χ4n) is 2.18. The van der Waals surface area contributed by atoms with Crippen molar-refractivity contribution in [3.8, 4) is 0 Å². The van der Waals surface area contributed by atoms with Crippen LogP contribution in [0.1, 0.15) is 29.8 Å². The summed E-state index contributed by atoms with van der Waals surface area (Å²) >= 11 is 3.27. The number of hydrogen-bond acceptors (Lipinski definition) is 2. The molecule has 0 aliphatic carbocycles. The highest BCUT2D eigenvalue weighted by atomic mass is 79.9. The Morgan fingerprint density at radius 3 is 2.17 bits per heavy atom. The van der Waals surface area contributed by atoms with Crippen molar-refractivity contribution in [3.63, 3.8) is 0 Å². The number of rotatable bonds is 5. The van der Waals surface area contributed by atoms with Crippen molar-refractivity contribution in [1.29, 1.82) is 0 Å². The Morgan fingerprint density at radius 1 is 1.04 bits per heavy atom. The van der Waals surface area contributed by atoms with E-state index in [0.29, 0.717) is 11.1 Å². The monoisotopic (exact) mass is 394 g/mol. The van der Waals surface area contributed by atoms with Crippen LogP contribution in [-0.4, -0.2) is 12.6 Å². The lowest BCUT2D eigenvalue weighted by Gasteiger charge is -2.22. The summed E-state index contributed by atoms with van der Waals surface area (Å²) in [5, 5.41) is 0. The van der Waals surface area contributed by atoms with E-state index in [2.05, 4.69) is 15.9 Å². The van der Waals surface area contributed by atoms with Crippen molar-refractivity contribution >= 4 is 21.9 Å². The van der Waals surface area contributed by atoms with Crippen molar-refractivity contribution in [3.05, 3.63) is 81.3 Å². The summed E-state index contributed by atoms with van der Waals surface area (Å²) in [7, 11) is 0. The van der Waals surface area contributed by atoms with Crippen LogP contribution in [-0.2, 0) is 10.7 Å². The van der Waals surface area contributed by atoms with Gasteiger partial charge in [-0.05, 0) is 38.1 Å². The van der Waals surface area contributed by atoms with Gasteiger partial charge >= 0.3 is 5.97 Å². The molecule has 0 N–H and O–H groups in total. The van der Waals surface area contributed by atoms with Crippen LogP contribution in [0.2, 0.25) is 0 Å². The summed E-state index contributed by atoms with van der Waals surface area (Å²) in [5.41, 5.74) is 0.404. The Balaban J connectivity index is 2.17. The van der Waals surface area contributed by atoms with Crippen LogP contribution in [0.3, 0.4) is 0 Å². The van der Waals surface area contributed by atoms with Crippen LogP contribution < -0.4 is 0 Å². The van der Waals surface area contributed by atoms with E-state index < -0.39 is 18.5 Å². The minimum atomic E-state index is -3.19. The third-order valence-corrected chi connectivity index (χ3v) is 4.08. The zero-order valence-corrected chi connectivity index (χ0v) is 14.9. The fraction of sp³-hybridized carbons (Fsp3) is 0.211. The Labute approximate surface area is 148 Å². The molecular formula is C19H17BrF2O2. The maximum Gasteiger partial charge on any atom is 0.338 e. The fourth-order valence-corrected chi connectivity index (χ4v) is 2.44. The molecule has 5 heteroatoms. The van der Waals surface area contributed by atoms with Crippen molar-refractivity contribution in [2.75, 3.05) is 6.61 Å². The molecule has 0 unspecified atom stereocenters. The Bertz CT molecular complexity index is 734. The molecule has 0 radical (unpaired) electrons. The maximum atomic E-state index is 14.7. The van der Waals surface area contributed by atoms with E-state index in [1.54, 1.807) is 56.3 Å². The maximum absolute atomic E-state index is 14.7. The van der Waals surface area contributed by atoms with Gasteiger partial charge < -0.3 is 4.74 Å². The van der Waals surface area contributed by atoms with Gasteiger partial charge in [0.25, 0.3) is 5.92 Å². The molecule has 2 aromatic rings. The largest absolute Gasteiger partial charge is 0.457 e. The average molecular weight is 395 g/mol. The van der Waals surface area contributed by atoms with Gasteiger partial charge in [0.05, 0.1) is 5.56 Å². The SMILES string of the molecule is CC(C)=C(COC(=O)c1ccc(Br)cc1)C(F)(F)c1ccccc1. The molecule has 0 saturated carbocycles. The minimum Gasteiger partial charge on any atom is -0.457 e. The summed E-state index contributed by atoms with van der Waals surface area (Å²) in [6, 6.07) is 14.0. The van der Waals surface area contributed by atoms with E-state index in [4.69, 9.17) is 4.74 Å². The smallest absolute Gasteiger partial charge is 0.338 e. The molecule has 2 nitrogen and oxygen atoms in total. The Hall–Kier alpha value is -2.01. The van der Waals surface area contributed by atoms with E-state index in [9.17, 15) is 13.6 Å². The van der Waals surface area contributed by atoms with Crippen molar-refractivity contribution in [2.45, 2.75) is 19.8 Å². The van der Waals surface area contributed by atoms with Crippen molar-refractivity contribution in [1.82, 2.24) is 0 Å². The van der Waals surface area contributed by atoms with Crippen molar-refractivity contribution < 1.29 is 18.3 Å². The van der Waals surface area contributed by atoms with E-state index in [-0.39, 0.29) is 11.1 Å². The number of alkyl halides is 2. The normalized spacial score (nSPS) is 11.0. The van der Waals surface area contributed by atoms with Gasteiger partial charge in [-0.15, -0.1) is 0 Å². The average Bonchev–Trinajstić information content (AvgIpc) is 2.55. The second-order valence-electron chi connectivity index (χ2n) is 5.50. The quantitative estimate of drug-likeness (QED) is 0.477. The standard InChI is InChI=1S/C19H17BrF2O2/c1-13(2)17(19(21,22)15-6-4-3-5-7-15)12-24-18(23)14-8-10-16(20)11-9-14/h3-11H,12H2,1-2H3. The molecule has 0 bridgehead atoms. The lowest BCUT2D eigenvalue weighted by Crippen LogP contribution is -2.23. The lowest BCUT2D eigenvalue weighted by molar-refractivity contribution is 0.0154. The second kappa shape index (κ2) is 7.71. The molecule has 0 aliphatic rings. The molecular weight excluding hydrogens is 378 g/mol. The highest BCUT2D eigenvalue weighted by molar-refractivity contribution is 9.10. The van der Waals surface area contributed by atoms with Crippen molar-refractivity contribution in [2.24, 2.45) is 0 Å². The first kappa shape index (κ1) is 18.3. The highest BCUT2D eigenvalue weighted by Gasteiger charge is 2.37. The van der Waals surface area contributed by atoms with Crippen LogP contribution in [0.5, 0.6) is 0 Å². The number of esters is 1. The molecule has 0 heterocycles. The molecule has 2 rings (SSSR count). The first-order chi connectivity index (χ1) is 11.3. The Kier molecular flexibility index (Phi) is 5.89. The Morgan fingerprint density at radius 2 is 1.62 bits per heavy atom. The van der Waals surface area contributed by atoms with E-state index in [1.165, 1.54) is 12.1 Å². The van der Waals surface area contributed by atoms with E-state index in [0.717, 1.165) is 4.47 Å². The molecule has 0 aliphatic heterocycles. The molecule has 24 heavy (non-hydrogen) atoms. The van der Waals surface area contributed by atoms with E-state index >= 15 is 0 Å². The molecule has 126 valence electrons. The number of allylic oxidation sites excluding steroid dienone is 1. The number of carbonyl (C=O) groups is 1. The molecule has 0 amide bonds. The third-order valence-electron chi connectivity index (χ3n) is 3.55. The van der Waals surface area contributed by atoms with Crippen LogP contribution in [0.4, 0.5) is 8.78 Å². The summed E-state index contributed by atoms with van der Waals surface area (Å²) in [6.45, 7) is 2.71. The summed E-state index contributed by atoms with van der Waals surface area (Å²) in [5.74, 6) is -3.83. The van der Waals surface area contributed by atoms with Gasteiger partial charge in [-0.3, -0.25) is 0 Å². The summed E-state index contributed by atoms with van der Waals surface area (Å²) in [4.78, 5) is 12.0. The zero-order chi connectivity index (χ0) is 17.7. The van der Waals surface area contributed by atoms with Gasteiger partial charge in [0.1, 0.15) is 6.61 Å². The molecule has 0 saturated heterocycles. The van der Waals surface area contributed by atoms with Crippen LogP contribution in [0, 0.1) is 0 Å². The number of ether oxygens (including phenoxy) is 1. The highest BCUT2D eigenvalue weighted by Crippen LogP contribution is 2.37. The minimum absolute atomic E-state index is 0.124. The molecule has 0 spiro atoms. The first-order valence-corrected chi connectivity index (χ1v) is 8.14. The molecule has 0 fully saturated rings. The summed E-state index contributed by atoms with van der Waals surface area (Å²) < 4.78 is 35.4. The zero-order valence-electron chi connectivity index (χ0n) is 13.4. The van der Waals surface area contributed by atoms with Gasteiger partial charge in [0, 0.05) is 15.6 Å². The van der Waals surface area contributed by atoms with Gasteiger partial charge in [0.2, 0.25) is 0 Å². The predicted molar refractivity (Wildman–Crippen MR) is 93.1 cm³/mol. The first-order valence-electron chi connectivity index (χ1n) is 7.35. The number of carbonyl (C=O) groups excluding carboxylic acids is 1.